The first-order valence-electron chi connectivity index (χ1n) is 6.33. The van der Waals surface area contributed by atoms with Crippen LogP contribution in [0.4, 0.5) is 5.69 Å². The van der Waals surface area contributed by atoms with Gasteiger partial charge in [0.2, 0.25) is 5.91 Å². The molecule has 0 bridgehead atoms. The van der Waals surface area contributed by atoms with Gasteiger partial charge in [0, 0.05) is 7.05 Å². The van der Waals surface area contributed by atoms with Crippen molar-refractivity contribution in [2.45, 2.75) is 33.4 Å². The number of hydrogen-bond donors (Lipinski definition) is 2. The van der Waals surface area contributed by atoms with Crippen molar-refractivity contribution in [3.05, 3.63) is 23.5 Å². The number of carbonyl (C=O) groups is 1. The molecule has 0 radical (unpaired) electrons. The Morgan fingerprint density at radius 1 is 1.50 bits per heavy atom. The highest BCUT2D eigenvalue weighted by Gasteiger charge is 2.16. The number of aryl methyl sites for hydroxylation is 2. The third-order valence-electron chi connectivity index (χ3n) is 3.24. The summed E-state index contributed by atoms with van der Waals surface area (Å²) in [6.45, 7) is 5.65. The average molecular weight is 277 g/mol. The lowest BCUT2D eigenvalue weighted by molar-refractivity contribution is -0.122. The molecule has 8 heteroatoms. The zero-order valence-corrected chi connectivity index (χ0v) is 12.1. The molecule has 2 aromatic heterocycles. The fourth-order valence-electron chi connectivity index (χ4n) is 2.04. The zero-order valence-electron chi connectivity index (χ0n) is 12.1. The second-order valence-electron chi connectivity index (χ2n) is 4.83. The Morgan fingerprint density at radius 2 is 2.20 bits per heavy atom. The maximum absolute atomic E-state index is 12.0. The largest absolute Gasteiger partial charge is 0.396 e. The Balaban J connectivity index is 2.02. The normalized spacial score (nSPS) is 12.4. The van der Waals surface area contributed by atoms with Crippen LogP contribution in [0.25, 0.3) is 0 Å². The van der Waals surface area contributed by atoms with Gasteiger partial charge < -0.3 is 15.6 Å². The summed E-state index contributed by atoms with van der Waals surface area (Å²) < 4.78 is 3.37. The van der Waals surface area contributed by atoms with Crippen LogP contribution in [0, 0.1) is 13.8 Å². The summed E-state index contributed by atoms with van der Waals surface area (Å²) in [5.41, 5.74) is 7.99. The minimum atomic E-state index is -0.218. The average Bonchev–Trinajstić information content (AvgIpc) is 2.90. The van der Waals surface area contributed by atoms with Gasteiger partial charge in [0.1, 0.15) is 12.9 Å². The van der Waals surface area contributed by atoms with Gasteiger partial charge in [0.25, 0.3) is 0 Å². The summed E-state index contributed by atoms with van der Waals surface area (Å²) in [6, 6.07) is -0.218. The molecule has 0 aliphatic heterocycles. The van der Waals surface area contributed by atoms with Gasteiger partial charge in [0.15, 0.2) is 5.82 Å². The maximum Gasteiger partial charge on any atom is 0.242 e. The van der Waals surface area contributed by atoms with E-state index in [1.54, 1.807) is 15.6 Å². The molecule has 0 aliphatic carbocycles. The van der Waals surface area contributed by atoms with E-state index in [2.05, 4.69) is 20.6 Å². The van der Waals surface area contributed by atoms with Crippen molar-refractivity contribution in [3.63, 3.8) is 0 Å². The highest BCUT2D eigenvalue weighted by Crippen LogP contribution is 2.14. The number of rotatable bonds is 4. The predicted octanol–water partition coefficient (Wildman–Crippen LogP) is 0.0880. The smallest absolute Gasteiger partial charge is 0.242 e. The molecular weight excluding hydrogens is 258 g/mol. The van der Waals surface area contributed by atoms with Crippen molar-refractivity contribution in [2.24, 2.45) is 7.05 Å². The van der Waals surface area contributed by atoms with E-state index in [4.69, 9.17) is 5.73 Å². The molecule has 108 valence electrons. The molecule has 1 unspecified atom stereocenters. The predicted molar refractivity (Wildman–Crippen MR) is 73.7 cm³/mol. The van der Waals surface area contributed by atoms with Gasteiger partial charge in [-0.05, 0) is 20.8 Å². The van der Waals surface area contributed by atoms with Crippen LogP contribution < -0.4 is 11.1 Å². The summed E-state index contributed by atoms with van der Waals surface area (Å²) in [4.78, 5) is 12.0. The molecular formula is C12H19N7O. The van der Waals surface area contributed by atoms with E-state index in [1.807, 2.05) is 27.8 Å². The van der Waals surface area contributed by atoms with E-state index in [0.29, 0.717) is 11.5 Å². The Hall–Kier alpha value is -2.38. The van der Waals surface area contributed by atoms with Crippen LogP contribution >= 0.6 is 0 Å². The van der Waals surface area contributed by atoms with Crippen LogP contribution in [-0.2, 0) is 18.4 Å². The number of amides is 1. The Labute approximate surface area is 117 Å². The molecule has 0 saturated carbocycles. The molecule has 1 amide bonds. The third-order valence-corrected chi connectivity index (χ3v) is 3.24. The van der Waals surface area contributed by atoms with Crippen LogP contribution in [0.15, 0.2) is 6.33 Å². The van der Waals surface area contributed by atoms with Crippen molar-refractivity contribution in [2.75, 3.05) is 5.73 Å². The lowest BCUT2D eigenvalue weighted by Crippen LogP contribution is -2.32. The molecule has 0 spiro atoms. The molecule has 2 aromatic rings. The van der Waals surface area contributed by atoms with E-state index in [0.717, 1.165) is 11.4 Å². The highest BCUT2D eigenvalue weighted by molar-refractivity contribution is 5.76. The van der Waals surface area contributed by atoms with Gasteiger partial charge in [-0.25, -0.2) is 0 Å². The van der Waals surface area contributed by atoms with Crippen LogP contribution in [0.2, 0.25) is 0 Å². The SMILES string of the molecule is Cc1nn(CC(=O)NC(C)c2nncn2C)c(C)c1N. The lowest BCUT2D eigenvalue weighted by atomic mass is 10.3. The molecule has 2 heterocycles. The zero-order chi connectivity index (χ0) is 14.9. The minimum Gasteiger partial charge on any atom is -0.396 e. The molecule has 8 nitrogen and oxygen atoms in total. The molecule has 2 rings (SSSR count). The molecule has 0 fully saturated rings. The minimum absolute atomic E-state index is 0.131. The molecule has 0 aromatic carbocycles. The third kappa shape index (κ3) is 2.63. The number of nitrogens with two attached hydrogens (primary N) is 1. The summed E-state index contributed by atoms with van der Waals surface area (Å²) in [5.74, 6) is 0.553. The molecule has 3 N–H and O–H groups in total. The van der Waals surface area contributed by atoms with Crippen LogP contribution in [0.5, 0.6) is 0 Å². The monoisotopic (exact) mass is 277 g/mol. The van der Waals surface area contributed by atoms with Crippen molar-refractivity contribution in [1.29, 1.82) is 0 Å². The Morgan fingerprint density at radius 3 is 2.70 bits per heavy atom. The summed E-state index contributed by atoms with van der Waals surface area (Å²) in [6.07, 6.45) is 1.60. The molecule has 0 aliphatic rings. The number of nitrogens with one attached hydrogen (secondary N) is 1. The number of hydrogen-bond acceptors (Lipinski definition) is 5. The lowest BCUT2D eigenvalue weighted by Gasteiger charge is -2.13. The first kappa shape index (κ1) is 14.0. The van der Waals surface area contributed by atoms with Crippen molar-refractivity contribution in [1.82, 2.24) is 29.9 Å². The topological polar surface area (TPSA) is 104 Å². The molecule has 20 heavy (non-hydrogen) atoms. The molecule has 0 saturated heterocycles. The quantitative estimate of drug-likeness (QED) is 0.824. The fraction of sp³-hybridized carbons (Fsp3) is 0.500. The number of carbonyl (C=O) groups excluding carboxylic acids is 1. The van der Waals surface area contributed by atoms with E-state index < -0.39 is 0 Å². The van der Waals surface area contributed by atoms with Gasteiger partial charge in [-0.15, -0.1) is 10.2 Å². The van der Waals surface area contributed by atoms with Crippen molar-refractivity contribution >= 4 is 11.6 Å². The van der Waals surface area contributed by atoms with Crippen LogP contribution in [0.3, 0.4) is 0 Å². The number of nitrogen functional groups attached to an aromatic ring is 1. The maximum atomic E-state index is 12.0. The fourth-order valence-corrected chi connectivity index (χ4v) is 2.04. The van der Waals surface area contributed by atoms with Gasteiger partial charge in [-0.3, -0.25) is 9.48 Å². The van der Waals surface area contributed by atoms with Crippen LogP contribution in [-0.4, -0.2) is 30.5 Å². The van der Waals surface area contributed by atoms with Gasteiger partial charge in [-0.2, -0.15) is 5.10 Å². The number of nitrogens with zero attached hydrogens (tertiary/aromatic N) is 5. The first-order chi connectivity index (χ1) is 9.40. The van der Waals surface area contributed by atoms with Gasteiger partial charge >= 0.3 is 0 Å². The van der Waals surface area contributed by atoms with E-state index in [1.165, 1.54) is 0 Å². The highest BCUT2D eigenvalue weighted by atomic mass is 16.2. The number of anilines is 1. The standard InChI is InChI=1S/C12H19N7O/c1-7-11(13)9(3)19(17-7)5-10(20)15-8(2)12-16-14-6-18(12)4/h6,8H,5,13H2,1-4H3,(H,15,20). The van der Waals surface area contributed by atoms with E-state index in [-0.39, 0.29) is 18.5 Å². The van der Waals surface area contributed by atoms with Gasteiger partial charge in [0.05, 0.1) is 23.1 Å². The van der Waals surface area contributed by atoms with Crippen molar-refractivity contribution < 1.29 is 4.79 Å². The summed E-state index contributed by atoms with van der Waals surface area (Å²) in [7, 11) is 1.83. The van der Waals surface area contributed by atoms with E-state index in [9.17, 15) is 4.79 Å². The van der Waals surface area contributed by atoms with Gasteiger partial charge in [-0.1, -0.05) is 0 Å². The Kier molecular flexibility index (Phi) is 3.73. The first-order valence-corrected chi connectivity index (χ1v) is 6.33. The summed E-state index contributed by atoms with van der Waals surface area (Å²) in [5, 5.41) is 14.9. The van der Waals surface area contributed by atoms with Crippen molar-refractivity contribution in [3.8, 4) is 0 Å². The van der Waals surface area contributed by atoms with Crippen LogP contribution in [0.1, 0.15) is 30.2 Å². The number of aromatic nitrogens is 5. The summed E-state index contributed by atoms with van der Waals surface area (Å²) >= 11 is 0. The molecule has 1 atom stereocenters. The Bertz CT molecular complexity index is 628. The second kappa shape index (κ2) is 5.32. The second-order valence-corrected chi connectivity index (χ2v) is 4.83. The van der Waals surface area contributed by atoms with E-state index >= 15 is 0 Å².